The summed E-state index contributed by atoms with van der Waals surface area (Å²) in [5.74, 6) is -0.397. The number of carbonyl (C=O) groups excluding carboxylic acids is 1. The highest BCUT2D eigenvalue weighted by Gasteiger charge is 2.20. The van der Waals surface area contributed by atoms with E-state index < -0.39 is 22.5 Å². The number of nitriles is 1. The molecule has 8 heteroatoms. The van der Waals surface area contributed by atoms with E-state index in [1.54, 1.807) is 43.3 Å². The van der Waals surface area contributed by atoms with Gasteiger partial charge in [0.15, 0.2) is 0 Å². The Hall–Kier alpha value is -2.89. The summed E-state index contributed by atoms with van der Waals surface area (Å²) in [6, 6.07) is 13.1. The minimum atomic E-state index is -3.93. The van der Waals surface area contributed by atoms with Gasteiger partial charge < -0.3 is 10.1 Å². The van der Waals surface area contributed by atoms with E-state index in [4.69, 9.17) is 10.00 Å². The number of anilines is 1. The summed E-state index contributed by atoms with van der Waals surface area (Å²) in [6.45, 7) is 1.28. The van der Waals surface area contributed by atoms with Crippen LogP contribution in [0.5, 0.6) is 5.75 Å². The van der Waals surface area contributed by atoms with Crippen LogP contribution in [0.1, 0.15) is 11.1 Å². The Bertz CT molecular complexity index is 933. The van der Waals surface area contributed by atoms with Crippen molar-refractivity contribution in [3.8, 4) is 11.8 Å². The van der Waals surface area contributed by atoms with Crippen molar-refractivity contribution < 1.29 is 17.9 Å². The van der Waals surface area contributed by atoms with Crippen LogP contribution >= 0.6 is 0 Å². The number of ether oxygens (including phenoxy) is 1. The lowest BCUT2D eigenvalue weighted by Crippen LogP contribution is -2.33. The number of rotatable bonds is 6. The first-order chi connectivity index (χ1) is 11.9. The molecule has 2 aromatic carbocycles. The van der Waals surface area contributed by atoms with Crippen molar-refractivity contribution in [3.05, 3.63) is 53.6 Å². The van der Waals surface area contributed by atoms with Crippen LogP contribution in [0.3, 0.4) is 0 Å². The van der Waals surface area contributed by atoms with Crippen LogP contribution < -0.4 is 14.8 Å². The van der Waals surface area contributed by atoms with E-state index in [0.29, 0.717) is 11.3 Å². The Labute approximate surface area is 146 Å². The second-order valence-electron chi connectivity index (χ2n) is 5.18. The number of para-hydroxylation sites is 1. The van der Waals surface area contributed by atoms with Crippen LogP contribution in [-0.4, -0.2) is 28.0 Å². The molecule has 0 aliphatic heterocycles. The van der Waals surface area contributed by atoms with Gasteiger partial charge in [0.1, 0.15) is 16.7 Å². The largest absolute Gasteiger partial charge is 0.495 e. The Morgan fingerprint density at radius 3 is 2.64 bits per heavy atom. The zero-order valence-electron chi connectivity index (χ0n) is 13.7. The second-order valence-corrected chi connectivity index (χ2v) is 6.92. The third-order valence-corrected chi connectivity index (χ3v) is 4.78. The number of sulfonamides is 1. The first-order valence-electron chi connectivity index (χ1n) is 7.30. The van der Waals surface area contributed by atoms with E-state index in [1.807, 2.05) is 6.07 Å². The molecule has 0 fully saturated rings. The highest BCUT2D eigenvalue weighted by molar-refractivity contribution is 7.89. The van der Waals surface area contributed by atoms with Crippen molar-refractivity contribution in [1.29, 1.82) is 5.26 Å². The molecule has 0 saturated heterocycles. The Kier molecular flexibility index (Phi) is 5.75. The fraction of sp³-hybridized carbons (Fsp3) is 0.176. The molecule has 1 amide bonds. The van der Waals surface area contributed by atoms with Crippen LogP contribution in [-0.2, 0) is 14.8 Å². The van der Waals surface area contributed by atoms with E-state index in [-0.39, 0.29) is 10.6 Å². The van der Waals surface area contributed by atoms with Crippen molar-refractivity contribution in [2.45, 2.75) is 11.8 Å². The van der Waals surface area contributed by atoms with Crippen LogP contribution in [0, 0.1) is 18.3 Å². The molecule has 0 saturated carbocycles. The maximum Gasteiger partial charge on any atom is 0.244 e. The molecule has 25 heavy (non-hydrogen) atoms. The minimum Gasteiger partial charge on any atom is -0.495 e. The van der Waals surface area contributed by atoms with Crippen LogP contribution in [0.2, 0.25) is 0 Å². The predicted octanol–water partition coefficient (Wildman–Crippen LogP) is 1.79. The maximum absolute atomic E-state index is 12.4. The average molecular weight is 359 g/mol. The topological polar surface area (TPSA) is 108 Å². The number of aryl methyl sites for hydroxylation is 1. The highest BCUT2D eigenvalue weighted by atomic mass is 32.2. The summed E-state index contributed by atoms with van der Waals surface area (Å²) < 4.78 is 32.1. The first kappa shape index (κ1) is 18.4. The van der Waals surface area contributed by atoms with E-state index in [0.717, 1.165) is 5.56 Å². The summed E-state index contributed by atoms with van der Waals surface area (Å²) in [7, 11) is -2.56. The van der Waals surface area contributed by atoms with Gasteiger partial charge in [-0.15, -0.1) is 0 Å². The van der Waals surface area contributed by atoms with E-state index in [9.17, 15) is 13.2 Å². The van der Waals surface area contributed by atoms with Crippen LogP contribution in [0.4, 0.5) is 5.69 Å². The predicted molar refractivity (Wildman–Crippen MR) is 92.7 cm³/mol. The first-order valence-corrected chi connectivity index (χ1v) is 8.79. The zero-order chi connectivity index (χ0) is 18.4. The molecular formula is C17H17N3O4S. The summed E-state index contributed by atoms with van der Waals surface area (Å²) in [5.41, 5.74) is 1.36. The van der Waals surface area contributed by atoms with Crippen molar-refractivity contribution in [3.63, 3.8) is 0 Å². The van der Waals surface area contributed by atoms with Gasteiger partial charge >= 0.3 is 0 Å². The van der Waals surface area contributed by atoms with Gasteiger partial charge in [-0.05, 0) is 36.8 Å². The molecule has 130 valence electrons. The van der Waals surface area contributed by atoms with Crippen molar-refractivity contribution in [2.24, 2.45) is 0 Å². The molecule has 2 N–H and O–H groups in total. The Morgan fingerprint density at radius 2 is 1.96 bits per heavy atom. The molecule has 2 aromatic rings. The molecule has 0 aliphatic carbocycles. The smallest absolute Gasteiger partial charge is 0.244 e. The third kappa shape index (κ3) is 4.56. The number of carbonyl (C=O) groups is 1. The minimum absolute atomic E-state index is 0.0415. The summed E-state index contributed by atoms with van der Waals surface area (Å²) in [5, 5.41) is 11.5. The lowest BCUT2D eigenvalue weighted by molar-refractivity contribution is -0.115. The quantitative estimate of drug-likeness (QED) is 0.817. The van der Waals surface area contributed by atoms with Gasteiger partial charge in [-0.2, -0.15) is 5.26 Å². The van der Waals surface area contributed by atoms with E-state index in [2.05, 4.69) is 10.0 Å². The van der Waals surface area contributed by atoms with Gasteiger partial charge in [0.25, 0.3) is 0 Å². The van der Waals surface area contributed by atoms with Crippen molar-refractivity contribution in [2.75, 3.05) is 19.0 Å². The number of amides is 1. The molecule has 0 atom stereocenters. The molecule has 2 rings (SSSR count). The fourth-order valence-electron chi connectivity index (χ4n) is 2.12. The Balaban J connectivity index is 2.11. The van der Waals surface area contributed by atoms with Crippen molar-refractivity contribution in [1.82, 2.24) is 4.72 Å². The summed E-state index contributed by atoms with van der Waals surface area (Å²) >= 11 is 0. The summed E-state index contributed by atoms with van der Waals surface area (Å²) in [4.78, 5) is 12.0. The van der Waals surface area contributed by atoms with Gasteiger partial charge in [-0.3, -0.25) is 4.79 Å². The lowest BCUT2D eigenvalue weighted by Gasteiger charge is -2.12. The number of hydrogen-bond acceptors (Lipinski definition) is 5. The molecule has 0 unspecified atom stereocenters. The van der Waals surface area contributed by atoms with E-state index in [1.165, 1.54) is 13.2 Å². The molecule has 0 radical (unpaired) electrons. The molecule has 0 aliphatic rings. The van der Waals surface area contributed by atoms with Gasteiger partial charge in [-0.25, -0.2) is 13.1 Å². The molecule has 0 heterocycles. The van der Waals surface area contributed by atoms with Gasteiger partial charge in [0.05, 0.1) is 24.9 Å². The summed E-state index contributed by atoms with van der Waals surface area (Å²) in [6.07, 6.45) is 0. The molecular weight excluding hydrogens is 342 g/mol. The number of hydrogen-bond donors (Lipinski definition) is 2. The zero-order valence-corrected chi connectivity index (χ0v) is 14.6. The van der Waals surface area contributed by atoms with Gasteiger partial charge in [0.2, 0.25) is 15.9 Å². The Morgan fingerprint density at radius 1 is 1.24 bits per heavy atom. The molecule has 0 aromatic heterocycles. The van der Waals surface area contributed by atoms with Gasteiger partial charge in [0, 0.05) is 0 Å². The van der Waals surface area contributed by atoms with Crippen LogP contribution in [0.25, 0.3) is 0 Å². The van der Waals surface area contributed by atoms with E-state index >= 15 is 0 Å². The SMILES string of the molecule is COc1ccc(C)cc1S(=O)(=O)NCC(=O)Nc1ccccc1C#N. The fourth-order valence-corrected chi connectivity index (χ4v) is 3.35. The second kappa shape index (κ2) is 7.79. The molecule has 0 bridgehead atoms. The normalized spacial score (nSPS) is 10.8. The lowest BCUT2D eigenvalue weighted by atomic mass is 10.2. The maximum atomic E-state index is 12.4. The van der Waals surface area contributed by atoms with Crippen LogP contribution in [0.15, 0.2) is 47.4 Å². The van der Waals surface area contributed by atoms with Gasteiger partial charge in [-0.1, -0.05) is 18.2 Å². The number of nitrogens with one attached hydrogen (secondary N) is 2. The van der Waals surface area contributed by atoms with Crippen molar-refractivity contribution >= 4 is 21.6 Å². The number of methoxy groups -OCH3 is 1. The number of nitrogens with zero attached hydrogens (tertiary/aromatic N) is 1. The highest BCUT2D eigenvalue weighted by Crippen LogP contribution is 2.24. The molecule has 7 nitrogen and oxygen atoms in total. The molecule has 0 spiro atoms. The third-order valence-electron chi connectivity index (χ3n) is 3.35. The standard InChI is InChI=1S/C17H17N3O4S/c1-12-7-8-15(24-2)16(9-12)25(22,23)19-11-17(21)20-14-6-4-3-5-13(14)10-18/h3-9,19H,11H2,1-2H3,(H,20,21). The monoisotopic (exact) mass is 359 g/mol. The average Bonchev–Trinajstić information content (AvgIpc) is 2.60. The number of benzene rings is 2.